The Balaban J connectivity index is 1.54. The monoisotopic (exact) mass is 435 g/mol. The van der Waals surface area contributed by atoms with Crippen molar-refractivity contribution in [3.05, 3.63) is 77.1 Å². The summed E-state index contributed by atoms with van der Waals surface area (Å²) in [5.41, 5.74) is 1.53. The molecule has 1 amide bonds. The quantitative estimate of drug-likeness (QED) is 0.338. The molecular weight excluding hydrogens is 414 g/mol. The standard InChI is InChI=1S/C22H21N5O3S/c1-3-12-26-20(29)17-6-4-5-7-18(17)27-21(26)24-25-22(27)31-14-19(28)23-13-15-8-10-16(30-2)11-9-15/h3-11H,1,12-14H2,2H3,(H,23,28). The van der Waals surface area contributed by atoms with Crippen molar-refractivity contribution >= 4 is 34.3 Å². The zero-order valence-corrected chi connectivity index (χ0v) is 17.8. The lowest BCUT2D eigenvalue weighted by Gasteiger charge is -2.09. The summed E-state index contributed by atoms with van der Waals surface area (Å²) < 4.78 is 8.47. The first kappa shape index (κ1) is 20.7. The number of amides is 1. The van der Waals surface area contributed by atoms with Crippen molar-refractivity contribution in [2.45, 2.75) is 18.2 Å². The normalized spacial score (nSPS) is 11.0. The largest absolute Gasteiger partial charge is 0.497 e. The highest BCUT2D eigenvalue weighted by Gasteiger charge is 2.17. The first-order chi connectivity index (χ1) is 15.1. The van der Waals surface area contributed by atoms with E-state index in [4.69, 9.17) is 4.74 Å². The summed E-state index contributed by atoms with van der Waals surface area (Å²) in [6, 6.07) is 14.8. The van der Waals surface area contributed by atoms with E-state index in [2.05, 4.69) is 22.1 Å². The Morgan fingerprint density at radius 2 is 1.97 bits per heavy atom. The highest BCUT2D eigenvalue weighted by Crippen LogP contribution is 2.21. The molecule has 0 radical (unpaired) electrons. The summed E-state index contributed by atoms with van der Waals surface area (Å²) in [5.74, 6) is 1.24. The molecule has 9 heteroatoms. The number of rotatable bonds is 8. The van der Waals surface area contributed by atoms with E-state index < -0.39 is 0 Å². The van der Waals surface area contributed by atoms with Crippen LogP contribution in [0.2, 0.25) is 0 Å². The molecule has 0 aliphatic heterocycles. The van der Waals surface area contributed by atoms with Gasteiger partial charge in [0.05, 0.1) is 23.8 Å². The lowest BCUT2D eigenvalue weighted by molar-refractivity contribution is -0.118. The molecule has 31 heavy (non-hydrogen) atoms. The molecule has 4 rings (SSSR count). The number of nitrogens with one attached hydrogen (secondary N) is 1. The van der Waals surface area contributed by atoms with Crippen molar-refractivity contribution in [2.75, 3.05) is 12.9 Å². The molecule has 2 aromatic carbocycles. The highest BCUT2D eigenvalue weighted by atomic mass is 32.2. The van der Waals surface area contributed by atoms with Crippen LogP contribution in [0.1, 0.15) is 5.56 Å². The number of thioether (sulfide) groups is 1. The van der Waals surface area contributed by atoms with Gasteiger partial charge in [-0.3, -0.25) is 18.6 Å². The third kappa shape index (κ3) is 4.17. The molecule has 0 aliphatic carbocycles. The number of benzene rings is 2. The lowest BCUT2D eigenvalue weighted by Crippen LogP contribution is -2.25. The molecule has 1 N–H and O–H groups in total. The van der Waals surface area contributed by atoms with Crippen molar-refractivity contribution in [3.8, 4) is 5.75 Å². The molecule has 0 saturated heterocycles. The molecule has 2 aromatic heterocycles. The van der Waals surface area contributed by atoms with E-state index in [-0.39, 0.29) is 17.2 Å². The highest BCUT2D eigenvalue weighted by molar-refractivity contribution is 7.99. The third-order valence-electron chi connectivity index (χ3n) is 4.77. The lowest BCUT2D eigenvalue weighted by atomic mass is 10.2. The molecule has 4 aromatic rings. The number of carbonyl (C=O) groups is 1. The van der Waals surface area contributed by atoms with Gasteiger partial charge in [-0.15, -0.1) is 16.8 Å². The van der Waals surface area contributed by atoms with Gasteiger partial charge in [0.2, 0.25) is 11.7 Å². The van der Waals surface area contributed by atoms with Gasteiger partial charge in [-0.05, 0) is 29.8 Å². The number of nitrogens with zero attached hydrogens (tertiary/aromatic N) is 4. The van der Waals surface area contributed by atoms with Crippen LogP contribution in [0.15, 0.2) is 71.1 Å². The Hall–Kier alpha value is -3.59. The average Bonchev–Trinajstić information content (AvgIpc) is 3.23. The minimum absolute atomic E-state index is 0.124. The first-order valence-corrected chi connectivity index (χ1v) is 10.6. The molecule has 0 spiro atoms. The fourth-order valence-corrected chi connectivity index (χ4v) is 4.02. The number of allylic oxidation sites excluding steroid dienone is 1. The number of fused-ring (bicyclic) bond motifs is 3. The molecule has 8 nitrogen and oxygen atoms in total. The Morgan fingerprint density at radius 1 is 1.19 bits per heavy atom. The number of hydrogen-bond donors (Lipinski definition) is 1. The van der Waals surface area contributed by atoms with Gasteiger partial charge in [-0.2, -0.15) is 0 Å². The van der Waals surface area contributed by atoms with Crippen molar-refractivity contribution in [1.82, 2.24) is 24.5 Å². The Kier molecular flexibility index (Phi) is 6.03. The van der Waals surface area contributed by atoms with Crippen LogP contribution in [0.25, 0.3) is 16.7 Å². The van der Waals surface area contributed by atoms with Gasteiger partial charge in [-0.25, -0.2) is 0 Å². The molecule has 0 fully saturated rings. The van der Waals surface area contributed by atoms with Gasteiger partial charge in [0.15, 0.2) is 5.16 Å². The third-order valence-corrected chi connectivity index (χ3v) is 5.70. The fourth-order valence-electron chi connectivity index (χ4n) is 3.25. The second-order valence-electron chi connectivity index (χ2n) is 6.75. The van der Waals surface area contributed by atoms with Crippen LogP contribution in [0.3, 0.4) is 0 Å². The maximum atomic E-state index is 12.8. The van der Waals surface area contributed by atoms with Gasteiger partial charge >= 0.3 is 0 Å². The maximum absolute atomic E-state index is 12.8. The van der Waals surface area contributed by atoms with Crippen LogP contribution in [0, 0.1) is 0 Å². The molecule has 0 unspecified atom stereocenters. The van der Waals surface area contributed by atoms with Crippen LogP contribution in [0.5, 0.6) is 5.75 Å². The number of carbonyl (C=O) groups excluding carboxylic acids is 1. The maximum Gasteiger partial charge on any atom is 0.263 e. The summed E-state index contributed by atoms with van der Waals surface area (Å²) in [6.07, 6.45) is 1.64. The van der Waals surface area contributed by atoms with E-state index in [0.29, 0.717) is 34.9 Å². The SMILES string of the molecule is C=CCn1c(=O)c2ccccc2n2c(SCC(=O)NCc3ccc(OC)cc3)nnc12. The Labute approximate surface area is 182 Å². The van der Waals surface area contributed by atoms with E-state index in [1.54, 1.807) is 19.3 Å². The summed E-state index contributed by atoms with van der Waals surface area (Å²) in [7, 11) is 1.61. The summed E-state index contributed by atoms with van der Waals surface area (Å²) >= 11 is 1.27. The van der Waals surface area contributed by atoms with E-state index in [9.17, 15) is 9.59 Å². The molecule has 0 aliphatic rings. The summed E-state index contributed by atoms with van der Waals surface area (Å²) in [4.78, 5) is 25.2. The first-order valence-electron chi connectivity index (χ1n) is 9.62. The molecule has 0 atom stereocenters. The van der Waals surface area contributed by atoms with E-state index >= 15 is 0 Å². The zero-order valence-electron chi connectivity index (χ0n) is 16.9. The van der Waals surface area contributed by atoms with Gasteiger partial charge < -0.3 is 10.1 Å². The van der Waals surface area contributed by atoms with Crippen LogP contribution in [-0.4, -0.2) is 37.9 Å². The van der Waals surface area contributed by atoms with Crippen molar-refractivity contribution in [1.29, 1.82) is 0 Å². The second-order valence-corrected chi connectivity index (χ2v) is 7.70. The van der Waals surface area contributed by atoms with Gasteiger partial charge in [0.25, 0.3) is 5.56 Å². The van der Waals surface area contributed by atoms with Gasteiger partial charge in [0, 0.05) is 13.1 Å². The summed E-state index contributed by atoms with van der Waals surface area (Å²) in [5, 5.41) is 12.4. The average molecular weight is 436 g/mol. The van der Waals surface area contributed by atoms with E-state index in [0.717, 1.165) is 11.3 Å². The van der Waals surface area contributed by atoms with Crippen LogP contribution < -0.4 is 15.6 Å². The van der Waals surface area contributed by atoms with E-state index in [1.165, 1.54) is 16.3 Å². The van der Waals surface area contributed by atoms with Gasteiger partial charge in [0.1, 0.15) is 5.75 Å². The predicted molar refractivity (Wildman–Crippen MR) is 121 cm³/mol. The summed E-state index contributed by atoms with van der Waals surface area (Å²) in [6.45, 7) is 4.46. The van der Waals surface area contributed by atoms with Crippen LogP contribution >= 0.6 is 11.8 Å². The molecule has 0 bridgehead atoms. The van der Waals surface area contributed by atoms with Crippen molar-refractivity contribution in [2.24, 2.45) is 0 Å². The number of aromatic nitrogens is 4. The van der Waals surface area contributed by atoms with Crippen LogP contribution in [0.4, 0.5) is 0 Å². The minimum Gasteiger partial charge on any atom is -0.497 e. The molecular formula is C22H21N5O3S. The number of para-hydroxylation sites is 1. The predicted octanol–water partition coefficient (Wildman–Crippen LogP) is 2.65. The van der Waals surface area contributed by atoms with Gasteiger partial charge in [-0.1, -0.05) is 42.1 Å². The number of methoxy groups -OCH3 is 1. The topological polar surface area (TPSA) is 90.5 Å². The second kappa shape index (κ2) is 9.05. The Morgan fingerprint density at radius 3 is 2.71 bits per heavy atom. The minimum atomic E-state index is -0.149. The van der Waals surface area contributed by atoms with Crippen LogP contribution in [-0.2, 0) is 17.9 Å². The molecule has 0 saturated carbocycles. The van der Waals surface area contributed by atoms with Crippen molar-refractivity contribution < 1.29 is 9.53 Å². The number of ether oxygens (including phenoxy) is 1. The molecule has 2 heterocycles. The number of hydrogen-bond acceptors (Lipinski definition) is 6. The zero-order chi connectivity index (χ0) is 21.8. The van der Waals surface area contributed by atoms with Crippen molar-refractivity contribution in [3.63, 3.8) is 0 Å². The Bertz CT molecular complexity index is 1310. The molecule has 158 valence electrons. The fraction of sp³-hybridized carbons (Fsp3) is 0.182. The smallest absolute Gasteiger partial charge is 0.263 e. The van der Waals surface area contributed by atoms with E-state index in [1.807, 2.05) is 46.9 Å².